The molecule has 1 fully saturated rings. The van der Waals surface area contributed by atoms with Crippen LogP contribution in [0.4, 0.5) is 5.13 Å². The number of aromatic nitrogens is 2. The lowest BCUT2D eigenvalue weighted by atomic mass is 9.96. The summed E-state index contributed by atoms with van der Waals surface area (Å²) >= 11 is 1.44. The molecule has 0 aromatic carbocycles. The highest BCUT2D eigenvalue weighted by atomic mass is 32.1. The second kappa shape index (κ2) is 8.24. The van der Waals surface area contributed by atoms with E-state index in [-0.39, 0.29) is 17.7 Å². The summed E-state index contributed by atoms with van der Waals surface area (Å²) in [5.74, 6) is 0.0804. The number of amides is 2. The van der Waals surface area contributed by atoms with Crippen LogP contribution in [0, 0.1) is 5.92 Å². The Labute approximate surface area is 150 Å². The first-order valence-electron chi connectivity index (χ1n) is 8.63. The summed E-state index contributed by atoms with van der Waals surface area (Å²) in [7, 11) is 0. The maximum atomic E-state index is 12.4. The van der Waals surface area contributed by atoms with Crippen LogP contribution in [0.1, 0.15) is 48.2 Å². The van der Waals surface area contributed by atoms with Gasteiger partial charge in [-0.25, -0.2) is 0 Å². The number of piperidine rings is 1. The minimum absolute atomic E-state index is 0.0386. The van der Waals surface area contributed by atoms with Crippen molar-refractivity contribution in [3.63, 3.8) is 0 Å². The Hall–Kier alpha value is -2.22. The second-order valence-corrected chi connectivity index (χ2v) is 7.20. The molecule has 0 spiro atoms. The van der Waals surface area contributed by atoms with Crippen LogP contribution in [0.2, 0.25) is 0 Å². The minimum atomic E-state index is -0.117. The summed E-state index contributed by atoms with van der Waals surface area (Å²) in [6.07, 6.45) is 5.85. The topological polar surface area (TPSA) is 88.3 Å². The molecule has 1 saturated heterocycles. The zero-order chi connectivity index (χ0) is 17.6. The van der Waals surface area contributed by atoms with E-state index >= 15 is 0 Å². The fourth-order valence-corrected chi connectivity index (χ4v) is 3.63. The van der Waals surface area contributed by atoms with Gasteiger partial charge in [0, 0.05) is 25.4 Å². The van der Waals surface area contributed by atoms with Gasteiger partial charge < -0.3 is 14.6 Å². The Morgan fingerprint density at radius 3 is 2.84 bits per heavy atom. The summed E-state index contributed by atoms with van der Waals surface area (Å²) in [4.78, 5) is 26.4. The largest absolute Gasteiger partial charge is 0.459 e. The summed E-state index contributed by atoms with van der Waals surface area (Å²) in [5, 5.41) is 12.5. The number of hydrogen-bond donors (Lipinski definition) is 1. The number of unbranched alkanes of at least 4 members (excludes halogenated alkanes) is 1. The van der Waals surface area contributed by atoms with E-state index in [2.05, 4.69) is 22.4 Å². The smallest absolute Gasteiger partial charge is 0.289 e. The number of anilines is 1. The number of nitrogens with zero attached hydrogens (tertiary/aromatic N) is 3. The molecule has 0 saturated carbocycles. The molecule has 0 bridgehead atoms. The van der Waals surface area contributed by atoms with Crippen molar-refractivity contribution in [1.82, 2.24) is 15.1 Å². The molecular weight excluding hydrogens is 340 g/mol. The highest BCUT2D eigenvalue weighted by molar-refractivity contribution is 7.15. The average molecular weight is 362 g/mol. The highest BCUT2D eigenvalue weighted by Crippen LogP contribution is 2.23. The molecule has 3 heterocycles. The van der Waals surface area contributed by atoms with Crippen LogP contribution in [0.25, 0.3) is 0 Å². The number of hydrogen-bond acceptors (Lipinski definition) is 6. The van der Waals surface area contributed by atoms with E-state index in [0.717, 1.165) is 24.3 Å². The highest BCUT2D eigenvalue weighted by Gasteiger charge is 2.29. The Morgan fingerprint density at radius 2 is 2.16 bits per heavy atom. The molecule has 2 aromatic heterocycles. The van der Waals surface area contributed by atoms with Crippen LogP contribution in [0.3, 0.4) is 0 Å². The molecule has 0 radical (unpaired) electrons. The second-order valence-electron chi connectivity index (χ2n) is 6.14. The first kappa shape index (κ1) is 17.6. The van der Waals surface area contributed by atoms with Crippen molar-refractivity contribution in [3.05, 3.63) is 29.2 Å². The van der Waals surface area contributed by atoms with Gasteiger partial charge in [0.15, 0.2) is 5.76 Å². The van der Waals surface area contributed by atoms with Crippen molar-refractivity contribution in [3.8, 4) is 0 Å². The van der Waals surface area contributed by atoms with Gasteiger partial charge in [0.2, 0.25) is 11.0 Å². The van der Waals surface area contributed by atoms with Crippen molar-refractivity contribution in [2.45, 2.75) is 39.0 Å². The fourth-order valence-electron chi connectivity index (χ4n) is 2.84. The van der Waals surface area contributed by atoms with Crippen LogP contribution in [0.15, 0.2) is 22.8 Å². The maximum absolute atomic E-state index is 12.4. The van der Waals surface area contributed by atoms with Gasteiger partial charge in [-0.2, -0.15) is 0 Å². The van der Waals surface area contributed by atoms with E-state index in [1.807, 2.05) is 0 Å². The van der Waals surface area contributed by atoms with Crippen LogP contribution >= 0.6 is 11.3 Å². The standard InChI is InChI=1S/C17H22N4O3S/c1-2-3-6-14-19-20-17(25-14)18-15(22)12-7-9-21(10-8-12)16(23)13-5-4-11-24-13/h4-5,11-12H,2-3,6-10H2,1H3,(H,18,20,22). The molecule has 134 valence electrons. The van der Waals surface area contributed by atoms with Crippen LogP contribution in [-0.4, -0.2) is 40.0 Å². The predicted molar refractivity (Wildman–Crippen MR) is 94.5 cm³/mol. The average Bonchev–Trinajstić information content (AvgIpc) is 3.31. The monoisotopic (exact) mass is 362 g/mol. The third kappa shape index (κ3) is 4.45. The van der Waals surface area contributed by atoms with Crippen LogP contribution in [0.5, 0.6) is 0 Å². The number of furan rings is 1. The number of rotatable bonds is 6. The van der Waals surface area contributed by atoms with Gasteiger partial charge in [0.25, 0.3) is 5.91 Å². The predicted octanol–water partition coefficient (Wildman–Crippen LogP) is 2.96. The van der Waals surface area contributed by atoms with Crippen molar-refractivity contribution in [2.75, 3.05) is 18.4 Å². The molecular formula is C17H22N4O3S. The van der Waals surface area contributed by atoms with E-state index in [4.69, 9.17) is 4.42 Å². The molecule has 2 aromatic rings. The first-order valence-corrected chi connectivity index (χ1v) is 9.45. The van der Waals surface area contributed by atoms with Crippen molar-refractivity contribution < 1.29 is 14.0 Å². The Kier molecular flexibility index (Phi) is 5.80. The van der Waals surface area contributed by atoms with E-state index in [9.17, 15) is 9.59 Å². The van der Waals surface area contributed by atoms with Crippen molar-refractivity contribution in [2.24, 2.45) is 5.92 Å². The number of carbonyl (C=O) groups is 2. The number of aryl methyl sites for hydroxylation is 1. The van der Waals surface area contributed by atoms with E-state index in [1.165, 1.54) is 17.6 Å². The molecule has 25 heavy (non-hydrogen) atoms. The minimum Gasteiger partial charge on any atom is -0.459 e. The fraction of sp³-hybridized carbons (Fsp3) is 0.529. The summed E-state index contributed by atoms with van der Waals surface area (Å²) in [6, 6.07) is 3.36. The summed E-state index contributed by atoms with van der Waals surface area (Å²) in [6.45, 7) is 3.23. The lowest BCUT2D eigenvalue weighted by Gasteiger charge is -2.30. The van der Waals surface area contributed by atoms with Gasteiger partial charge in [-0.3, -0.25) is 9.59 Å². The normalized spacial score (nSPS) is 15.3. The lowest BCUT2D eigenvalue weighted by molar-refractivity contribution is -0.121. The zero-order valence-corrected chi connectivity index (χ0v) is 15.1. The Bertz CT molecular complexity index is 705. The molecule has 0 unspecified atom stereocenters. The van der Waals surface area contributed by atoms with Gasteiger partial charge in [-0.1, -0.05) is 24.7 Å². The summed E-state index contributed by atoms with van der Waals surface area (Å²) < 4.78 is 5.15. The van der Waals surface area contributed by atoms with Gasteiger partial charge >= 0.3 is 0 Å². The number of nitrogens with one attached hydrogen (secondary N) is 1. The van der Waals surface area contributed by atoms with Crippen molar-refractivity contribution in [1.29, 1.82) is 0 Å². The molecule has 7 nitrogen and oxygen atoms in total. The zero-order valence-electron chi connectivity index (χ0n) is 14.2. The van der Waals surface area contributed by atoms with E-state index in [1.54, 1.807) is 17.0 Å². The number of carbonyl (C=O) groups excluding carboxylic acids is 2. The van der Waals surface area contributed by atoms with Gasteiger partial charge in [-0.05, 0) is 31.4 Å². The SMILES string of the molecule is CCCCc1nnc(NC(=O)C2CCN(C(=O)c3ccco3)CC2)s1. The third-order valence-electron chi connectivity index (χ3n) is 4.33. The Morgan fingerprint density at radius 1 is 1.36 bits per heavy atom. The molecule has 2 amide bonds. The van der Waals surface area contributed by atoms with E-state index < -0.39 is 0 Å². The molecule has 0 aliphatic carbocycles. The molecule has 3 rings (SSSR count). The third-order valence-corrected chi connectivity index (χ3v) is 5.22. The first-order chi connectivity index (χ1) is 12.2. The molecule has 1 aliphatic heterocycles. The molecule has 1 N–H and O–H groups in total. The van der Waals surface area contributed by atoms with E-state index in [0.29, 0.717) is 36.8 Å². The van der Waals surface area contributed by atoms with Crippen LogP contribution in [-0.2, 0) is 11.2 Å². The quantitative estimate of drug-likeness (QED) is 0.853. The van der Waals surface area contributed by atoms with Gasteiger partial charge in [0.1, 0.15) is 5.01 Å². The maximum Gasteiger partial charge on any atom is 0.289 e. The van der Waals surface area contributed by atoms with Crippen molar-refractivity contribution >= 4 is 28.3 Å². The molecule has 1 aliphatic rings. The van der Waals surface area contributed by atoms with Crippen LogP contribution < -0.4 is 5.32 Å². The number of likely N-dealkylation sites (tertiary alicyclic amines) is 1. The van der Waals surface area contributed by atoms with Gasteiger partial charge in [-0.15, -0.1) is 10.2 Å². The molecule has 0 atom stereocenters. The van der Waals surface area contributed by atoms with Gasteiger partial charge in [0.05, 0.1) is 6.26 Å². The molecule has 8 heteroatoms. The summed E-state index contributed by atoms with van der Waals surface area (Å²) in [5.41, 5.74) is 0. The Balaban J connectivity index is 1.48. The lowest BCUT2D eigenvalue weighted by Crippen LogP contribution is -2.41.